The van der Waals surface area contributed by atoms with E-state index < -0.39 is 0 Å². The lowest BCUT2D eigenvalue weighted by atomic mass is 9.97. The molecule has 1 saturated heterocycles. The molecule has 8 nitrogen and oxygen atoms in total. The van der Waals surface area contributed by atoms with Crippen LogP contribution in [0.15, 0.2) is 49.4 Å². The molecular weight excluding hydrogens is 366 g/mol. The van der Waals surface area contributed by atoms with Crippen LogP contribution in [0.1, 0.15) is 28.8 Å². The molecule has 0 aliphatic carbocycles. The number of piperidine rings is 1. The van der Waals surface area contributed by atoms with Gasteiger partial charge in [-0.15, -0.1) is 0 Å². The largest absolute Gasteiger partial charge is 0.370 e. The Balaban J connectivity index is 1.29. The van der Waals surface area contributed by atoms with Crippen molar-refractivity contribution in [1.29, 1.82) is 0 Å². The van der Waals surface area contributed by atoms with Crippen LogP contribution in [0, 0.1) is 5.92 Å². The van der Waals surface area contributed by atoms with Gasteiger partial charge in [0.05, 0.1) is 18.1 Å². The van der Waals surface area contributed by atoms with Gasteiger partial charge >= 0.3 is 0 Å². The van der Waals surface area contributed by atoms with Gasteiger partial charge in [0.1, 0.15) is 5.82 Å². The van der Waals surface area contributed by atoms with E-state index >= 15 is 0 Å². The maximum atomic E-state index is 12.9. The van der Waals surface area contributed by atoms with E-state index in [0.29, 0.717) is 11.5 Å². The molecule has 3 aromatic heterocycles. The van der Waals surface area contributed by atoms with Crippen molar-refractivity contribution in [3.63, 3.8) is 0 Å². The minimum Gasteiger partial charge on any atom is -0.370 e. The first-order valence-corrected chi connectivity index (χ1v) is 10.1. The summed E-state index contributed by atoms with van der Waals surface area (Å²) >= 11 is 0. The Morgan fingerprint density at radius 2 is 2.24 bits per heavy atom. The van der Waals surface area contributed by atoms with Crippen LogP contribution < -0.4 is 5.32 Å². The van der Waals surface area contributed by atoms with Crippen molar-refractivity contribution in [2.45, 2.75) is 25.8 Å². The summed E-state index contributed by atoms with van der Waals surface area (Å²) in [5, 5.41) is 7.47. The fourth-order valence-electron chi connectivity index (χ4n) is 3.83. The summed E-state index contributed by atoms with van der Waals surface area (Å²) in [4.78, 5) is 23.4. The second kappa shape index (κ2) is 8.89. The first kappa shape index (κ1) is 19.2. The molecule has 1 aliphatic heterocycles. The lowest BCUT2D eigenvalue weighted by Gasteiger charge is -2.33. The quantitative estimate of drug-likeness (QED) is 0.666. The summed E-state index contributed by atoms with van der Waals surface area (Å²) in [6.45, 7) is 3.27. The van der Waals surface area contributed by atoms with Crippen molar-refractivity contribution in [3.05, 3.63) is 60.6 Å². The first-order valence-electron chi connectivity index (χ1n) is 10.1. The summed E-state index contributed by atoms with van der Waals surface area (Å²) in [5.41, 5.74) is 1.83. The van der Waals surface area contributed by atoms with Crippen molar-refractivity contribution in [2.24, 2.45) is 13.0 Å². The maximum Gasteiger partial charge on any atom is 0.255 e. The normalized spacial score (nSPS) is 16.7. The zero-order valence-corrected chi connectivity index (χ0v) is 16.7. The average molecular weight is 393 g/mol. The Kier molecular flexibility index (Phi) is 5.88. The molecule has 152 valence electrons. The number of imidazole rings is 1. The number of rotatable bonds is 7. The molecule has 29 heavy (non-hydrogen) atoms. The van der Waals surface area contributed by atoms with Gasteiger partial charge in [-0.1, -0.05) is 0 Å². The number of amides is 1. The predicted octanol–water partition coefficient (Wildman–Crippen LogP) is 2.22. The van der Waals surface area contributed by atoms with Gasteiger partial charge in [0.15, 0.2) is 0 Å². The minimum atomic E-state index is 0.0646. The van der Waals surface area contributed by atoms with E-state index in [-0.39, 0.29) is 5.91 Å². The van der Waals surface area contributed by atoms with E-state index in [1.165, 1.54) is 5.56 Å². The van der Waals surface area contributed by atoms with E-state index in [1.807, 2.05) is 49.0 Å². The number of nitrogens with zero attached hydrogens (tertiary/aromatic N) is 6. The lowest BCUT2D eigenvalue weighted by Crippen LogP contribution is -2.41. The summed E-state index contributed by atoms with van der Waals surface area (Å²) < 4.78 is 3.89. The number of aryl methyl sites for hydroxylation is 1. The smallest absolute Gasteiger partial charge is 0.255 e. The molecule has 3 aromatic rings. The van der Waals surface area contributed by atoms with Crippen LogP contribution in [0.25, 0.3) is 0 Å². The number of pyridine rings is 1. The number of likely N-dealkylation sites (tertiary alicyclic amines) is 1. The topological polar surface area (TPSA) is 80.9 Å². The van der Waals surface area contributed by atoms with E-state index in [0.717, 1.165) is 51.3 Å². The monoisotopic (exact) mass is 393 g/mol. The third-order valence-corrected chi connectivity index (χ3v) is 5.32. The van der Waals surface area contributed by atoms with Gasteiger partial charge < -0.3 is 14.8 Å². The summed E-state index contributed by atoms with van der Waals surface area (Å²) in [6.07, 6.45) is 14.2. The highest BCUT2D eigenvalue weighted by Crippen LogP contribution is 2.20. The number of hydrogen-bond acceptors (Lipinski definition) is 5. The SMILES string of the molecule is Cn1cc(CCNc2ccc(C(=O)N3CCC[C@H](Cn4ccnc4)C3)cn2)cn1. The van der Waals surface area contributed by atoms with E-state index in [2.05, 4.69) is 25.0 Å². The summed E-state index contributed by atoms with van der Waals surface area (Å²) in [7, 11) is 1.91. The van der Waals surface area contributed by atoms with Crippen LogP contribution in [-0.4, -0.2) is 54.8 Å². The molecule has 0 aromatic carbocycles. The molecule has 1 amide bonds. The number of hydrogen-bond donors (Lipinski definition) is 1. The zero-order chi connectivity index (χ0) is 20.1. The van der Waals surface area contributed by atoms with Crippen molar-refractivity contribution in [1.82, 2.24) is 29.2 Å². The Morgan fingerprint density at radius 3 is 2.97 bits per heavy atom. The number of carbonyl (C=O) groups excluding carboxylic acids is 1. The Bertz CT molecular complexity index is 917. The molecule has 4 heterocycles. The van der Waals surface area contributed by atoms with E-state index in [4.69, 9.17) is 0 Å². The van der Waals surface area contributed by atoms with E-state index in [1.54, 1.807) is 17.1 Å². The maximum absolute atomic E-state index is 12.9. The minimum absolute atomic E-state index is 0.0646. The molecule has 0 saturated carbocycles. The van der Waals surface area contributed by atoms with Crippen LogP contribution >= 0.6 is 0 Å². The number of carbonyl (C=O) groups is 1. The van der Waals surface area contributed by atoms with Gasteiger partial charge in [0, 0.05) is 58.0 Å². The van der Waals surface area contributed by atoms with Crippen molar-refractivity contribution < 1.29 is 4.79 Å². The van der Waals surface area contributed by atoms with Gasteiger partial charge in [0.25, 0.3) is 5.91 Å². The third kappa shape index (κ3) is 5.01. The molecule has 0 bridgehead atoms. The highest BCUT2D eigenvalue weighted by atomic mass is 16.2. The highest BCUT2D eigenvalue weighted by Gasteiger charge is 2.24. The van der Waals surface area contributed by atoms with Gasteiger partial charge in [0.2, 0.25) is 0 Å². The third-order valence-electron chi connectivity index (χ3n) is 5.32. The molecule has 8 heteroatoms. The Labute approximate surface area is 170 Å². The number of aromatic nitrogens is 5. The van der Waals surface area contributed by atoms with Crippen LogP contribution in [0.5, 0.6) is 0 Å². The fraction of sp³-hybridized carbons (Fsp3) is 0.429. The second-order valence-corrected chi connectivity index (χ2v) is 7.65. The molecular formula is C21H27N7O. The van der Waals surface area contributed by atoms with E-state index in [9.17, 15) is 4.79 Å². The Morgan fingerprint density at radius 1 is 1.31 bits per heavy atom. The van der Waals surface area contributed by atoms with Crippen LogP contribution in [0.4, 0.5) is 5.82 Å². The molecule has 1 atom stereocenters. The Hall–Kier alpha value is -3.16. The predicted molar refractivity (Wildman–Crippen MR) is 110 cm³/mol. The van der Waals surface area contributed by atoms with Crippen LogP contribution in [-0.2, 0) is 20.0 Å². The van der Waals surface area contributed by atoms with Gasteiger partial charge in [-0.2, -0.15) is 5.10 Å². The standard InChI is InChI=1S/C21H27N7O/c1-26-13-17(11-25-26)6-7-23-20-5-4-19(12-24-20)21(29)28-9-2-3-18(15-28)14-27-10-8-22-16-27/h4-5,8,10-13,16,18H,2-3,6-7,9,14-15H2,1H3,(H,23,24)/t18-/m1/s1. The van der Waals surface area contributed by atoms with Crippen molar-refractivity contribution in [3.8, 4) is 0 Å². The van der Waals surface area contributed by atoms with Crippen LogP contribution in [0.2, 0.25) is 0 Å². The molecule has 1 fully saturated rings. The highest BCUT2D eigenvalue weighted by molar-refractivity contribution is 5.94. The summed E-state index contributed by atoms with van der Waals surface area (Å²) in [5.74, 6) is 1.31. The van der Waals surface area contributed by atoms with Gasteiger partial charge in [-0.3, -0.25) is 9.48 Å². The average Bonchev–Trinajstić information content (AvgIpc) is 3.40. The molecule has 0 radical (unpaired) electrons. The van der Waals surface area contributed by atoms with Gasteiger partial charge in [-0.05, 0) is 42.9 Å². The lowest BCUT2D eigenvalue weighted by molar-refractivity contribution is 0.0662. The zero-order valence-electron chi connectivity index (χ0n) is 16.7. The molecule has 0 spiro atoms. The number of nitrogens with one attached hydrogen (secondary N) is 1. The summed E-state index contributed by atoms with van der Waals surface area (Å²) in [6, 6.07) is 3.74. The van der Waals surface area contributed by atoms with Crippen molar-refractivity contribution in [2.75, 3.05) is 25.0 Å². The molecule has 1 N–H and O–H groups in total. The van der Waals surface area contributed by atoms with Crippen molar-refractivity contribution >= 4 is 11.7 Å². The van der Waals surface area contributed by atoms with Crippen LogP contribution in [0.3, 0.4) is 0 Å². The molecule has 4 rings (SSSR count). The molecule has 1 aliphatic rings. The molecule has 0 unspecified atom stereocenters. The number of anilines is 1. The fourth-order valence-corrected chi connectivity index (χ4v) is 3.83. The first-order chi connectivity index (χ1) is 14.2. The second-order valence-electron chi connectivity index (χ2n) is 7.65. The van der Waals surface area contributed by atoms with Gasteiger partial charge in [-0.25, -0.2) is 9.97 Å².